The van der Waals surface area contributed by atoms with Crippen LogP contribution in [0.1, 0.15) is 5.69 Å². The number of rotatable bonds is 3. The van der Waals surface area contributed by atoms with Gasteiger partial charge in [-0.2, -0.15) is 17.6 Å². The zero-order valence-corrected chi connectivity index (χ0v) is 11.5. The number of nitrogens with two attached hydrogens (primary N) is 1. The molecule has 1 aromatic heterocycles. The number of hydrogen-bond acceptors (Lipinski definition) is 5. The summed E-state index contributed by atoms with van der Waals surface area (Å²) in [6, 6.07) is 6.17. The van der Waals surface area contributed by atoms with Gasteiger partial charge in [-0.3, -0.25) is 0 Å². The summed E-state index contributed by atoms with van der Waals surface area (Å²) in [5.41, 5.74) is 0.560. The number of sulfonamides is 1. The van der Waals surface area contributed by atoms with Gasteiger partial charge < -0.3 is 0 Å². The highest BCUT2D eigenvalue weighted by molar-refractivity contribution is 7.90. The molecule has 0 spiro atoms. The highest BCUT2D eigenvalue weighted by Crippen LogP contribution is 2.16. The molecule has 1 aromatic carbocycles. The van der Waals surface area contributed by atoms with E-state index in [9.17, 15) is 16.8 Å². The summed E-state index contributed by atoms with van der Waals surface area (Å²) in [6.07, 6.45) is 1.32. The van der Waals surface area contributed by atoms with Gasteiger partial charge in [0.25, 0.3) is 10.0 Å². The Morgan fingerprint density at radius 1 is 1.00 bits per heavy atom. The summed E-state index contributed by atoms with van der Waals surface area (Å²) < 4.78 is 47.2. The first-order chi connectivity index (χ1) is 8.71. The van der Waals surface area contributed by atoms with Gasteiger partial charge in [-0.05, 0) is 37.3 Å². The molecule has 0 unspecified atom stereocenters. The van der Waals surface area contributed by atoms with Gasteiger partial charge in [-0.1, -0.05) is 0 Å². The Bertz CT molecular complexity index is 805. The third-order valence-corrected chi connectivity index (χ3v) is 4.89. The van der Waals surface area contributed by atoms with E-state index in [2.05, 4.69) is 5.10 Å². The summed E-state index contributed by atoms with van der Waals surface area (Å²) in [6.45, 7) is 1.66. The topological polar surface area (TPSA) is 112 Å². The van der Waals surface area contributed by atoms with Crippen LogP contribution < -0.4 is 5.14 Å². The molecule has 1 heterocycles. The van der Waals surface area contributed by atoms with Crippen molar-refractivity contribution in [1.29, 1.82) is 0 Å². The van der Waals surface area contributed by atoms with E-state index in [0.717, 1.165) is 16.2 Å². The van der Waals surface area contributed by atoms with Gasteiger partial charge in [0.05, 0.1) is 15.5 Å². The van der Waals surface area contributed by atoms with E-state index in [1.807, 2.05) is 0 Å². The lowest BCUT2D eigenvalue weighted by molar-refractivity contribution is 0.578. The molecule has 0 saturated carbocycles. The van der Waals surface area contributed by atoms with Crippen molar-refractivity contribution >= 4 is 20.0 Å². The third-order valence-electron chi connectivity index (χ3n) is 2.40. The van der Waals surface area contributed by atoms with Crippen molar-refractivity contribution in [3.8, 4) is 0 Å². The van der Waals surface area contributed by atoms with Gasteiger partial charge in [0.2, 0.25) is 10.0 Å². The summed E-state index contributed by atoms with van der Waals surface area (Å²) in [4.78, 5) is -0.217. The van der Waals surface area contributed by atoms with Crippen LogP contribution in [-0.2, 0) is 20.0 Å². The number of aryl methyl sites for hydroxylation is 1. The van der Waals surface area contributed by atoms with Crippen LogP contribution in [0.5, 0.6) is 0 Å². The second-order valence-electron chi connectivity index (χ2n) is 3.85. The third kappa shape index (κ3) is 2.67. The summed E-state index contributed by atoms with van der Waals surface area (Å²) >= 11 is 0. The summed E-state index contributed by atoms with van der Waals surface area (Å²) in [5.74, 6) is 0. The lowest BCUT2D eigenvalue weighted by atomic mass is 10.4. The average molecular weight is 301 g/mol. The van der Waals surface area contributed by atoms with E-state index in [1.165, 1.54) is 18.3 Å². The van der Waals surface area contributed by atoms with Crippen LogP contribution in [0, 0.1) is 6.92 Å². The maximum absolute atomic E-state index is 12.1. The molecule has 2 aromatic rings. The Morgan fingerprint density at radius 2 is 1.53 bits per heavy atom. The fraction of sp³-hybridized carbons (Fsp3) is 0.100. The van der Waals surface area contributed by atoms with E-state index in [0.29, 0.717) is 5.69 Å². The summed E-state index contributed by atoms with van der Waals surface area (Å²) in [5, 5.41) is 8.75. The van der Waals surface area contributed by atoms with Crippen LogP contribution in [0.25, 0.3) is 0 Å². The first kappa shape index (κ1) is 13.7. The minimum absolute atomic E-state index is 0.0667. The minimum atomic E-state index is -3.84. The highest BCUT2D eigenvalue weighted by Gasteiger charge is 2.18. The van der Waals surface area contributed by atoms with Crippen LogP contribution in [0.15, 0.2) is 46.3 Å². The molecule has 0 radical (unpaired) electrons. The van der Waals surface area contributed by atoms with Crippen molar-refractivity contribution in [3.05, 3.63) is 42.2 Å². The zero-order valence-electron chi connectivity index (χ0n) is 9.89. The van der Waals surface area contributed by atoms with Crippen molar-refractivity contribution in [2.24, 2.45) is 5.14 Å². The molecule has 0 amide bonds. The monoisotopic (exact) mass is 301 g/mol. The molecule has 7 nitrogen and oxygen atoms in total. The fourth-order valence-electron chi connectivity index (χ4n) is 1.44. The Morgan fingerprint density at radius 3 is 1.95 bits per heavy atom. The van der Waals surface area contributed by atoms with Crippen LogP contribution in [0.2, 0.25) is 0 Å². The maximum Gasteiger partial charge on any atom is 0.282 e. The van der Waals surface area contributed by atoms with Crippen LogP contribution in [-0.4, -0.2) is 26.0 Å². The van der Waals surface area contributed by atoms with Crippen molar-refractivity contribution in [2.45, 2.75) is 16.7 Å². The molecule has 0 aliphatic carbocycles. The van der Waals surface area contributed by atoms with E-state index in [-0.39, 0.29) is 9.79 Å². The average Bonchev–Trinajstić information content (AvgIpc) is 2.76. The van der Waals surface area contributed by atoms with Crippen molar-refractivity contribution in [2.75, 3.05) is 0 Å². The first-order valence-electron chi connectivity index (χ1n) is 5.12. The Labute approximate surface area is 110 Å². The van der Waals surface area contributed by atoms with E-state index >= 15 is 0 Å². The number of hydrogen-bond donors (Lipinski definition) is 1. The van der Waals surface area contributed by atoms with Gasteiger partial charge in [-0.15, -0.1) is 0 Å². The molecule has 2 rings (SSSR count). The van der Waals surface area contributed by atoms with Crippen molar-refractivity contribution in [1.82, 2.24) is 9.19 Å². The van der Waals surface area contributed by atoms with Crippen LogP contribution >= 0.6 is 0 Å². The molecule has 0 bridgehead atoms. The van der Waals surface area contributed by atoms with Gasteiger partial charge in [0.1, 0.15) is 0 Å². The predicted octanol–water partition coefficient (Wildman–Crippen LogP) is 0.0759. The van der Waals surface area contributed by atoms with Gasteiger partial charge in [0, 0.05) is 6.20 Å². The molecule has 0 aliphatic rings. The zero-order chi connectivity index (χ0) is 14.3. The Kier molecular flexibility index (Phi) is 3.20. The second-order valence-corrected chi connectivity index (χ2v) is 7.21. The summed E-state index contributed by atoms with van der Waals surface area (Å²) in [7, 11) is -7.65. The SMILES string of the molecule is Cc1ccn(S(=O)(=O)c2ccc(S(N)(=O)=O)cc2)n1. The van der Waals surface area contributed by atoms with E-state index in [1.54, 1.807) is 13.0 Å². The largest absolute Gasteiger partial charge is 0.282 e. The normalized spacial score (nSPS) is 12.5. The van der Waals surface area contributed by atoms with E-state index < -0.39 is 20.0 Å². The quantitative estimate of drug-likeness (QED) is 0.862. The lowest BCUT2D eigenvalue weighted by Crippen LogP contribution is -2.15. The number of benzene rings is 1. The number of nitrogens with zero attached hydrogens (tertiary/aromatic N) is 2. The molecular formula is C10H11N3O4S2. The smallest absolute Gasteiger partial charge is 0.225 e. The van der Waals surface area contributed by atoms with Crippen molar-refractivity contribution < 1.29 is 16.8 Å². The fourth-order valence-corrected chi connectivity index (χ4v) is 3.11. The van der Waals surface area contributed by atoms with Crippen LogP contribution in [0.4, 0.5) is 0 Å². The standard InChI is InChI=1S/C10H11N3O4S2/c1-8-6-7-13(12-8)19(16,17)10-4-2-9(3-5-10)18(11,14)15/h2-7H,1H3,(H2,11,14,15). The molecule has 9 heteroatoms. The number of aromatic nitrogens is 2. The number of primary sulfonamides is 1. The second kappa shape index (κ2) is 4.44. The molecule has 2 N–H and O–H groups in total. The van der Waals surface area contributed by atoms with Gasteiger partial charge in [0.15, 0.2) is 0 Å². The Balaban J connectivity index is 2.48. The molecule has 0 fully saturated rings. The molecule has 19 heavy (non-hydrogen) atoms. The predicted molar refractivity (Wildman–Crippen MR) is 67.4 cm³/mol. The lowest BCUT2D eigenvalue weighted by Gasteiger charge is -2.05. The van der Waals surface area contributed by atoms with Crippen molar-refractivity contribution in [3.63, 3.8) is 0 Å². The maximum atomic E-state index is 12.1. The van der Waals surface area contributed by atoms with Gasteiger partial charge in [-0.25, -0.2) is 13.6 Å². The highest BCUT2D eigenvalue weighted by atomic mass is 32.2. The molecular weight excluding hydrogens is 290 g/mol. The molecule has 0 atom stereocenters. The molecule has 0 aliphatic heterocycles. The van der Waals surface area contributed by atoms with Gasteiger partial charge >= 0.3 is 0 Å². The first-order valence-corrected chi connectivity index (χ1v) is 8.10. The minimum Gasteiger partial charge on any atom is -0.225 e. The van der Waals surface area contributed by atoms with E-state index in [4.69, 9.17) is 5.14 Å². The molecule has 102 valence electrons. The molecule has 0 saturated heterocycles. The Hall–Kier alpha value is -1.71. The van der Waals surface area contributed by atoms with Crippen LogP contribution in [0.3, 0.4) is 0 Å².